The zero-order chi connectivity index (χ0) is 15.3. The van der Waals surface area contributed by atoms with Crippen molar-refractivity contribution in [1.82, 2.24) is 5.32 Å². The summed E-state index contributed by atoms with van der Waals surface area (Å²) >= 11 is 0. The van der Waals surface area contributed by atoms with Gasteiger partial charge in [0.05, 0.1) is 0 Å². The van der Waals surface area contributed by atoms with Gasteiger partial charge in [-0.1, -0.05) is 74.5 Å². The molecule has 0 amide bonds. The third-order valence-corrected chi connectivity index (χ3v) is 3.66. The number of hydrogen-bond donors (Lipinski definition) is 3. The van der Waals surface area contributed by atoms with E-state index in [1.165, 1.54) is 44.1 Å². The van der Waals surface area contributed by atoms with Crippen molar-refractivity contribution in [3.05, 3.63) is 35.9 Å². The Kier molecular flexibility index (Phi) is 9.29. The molecule has 118 valence electrons. The van der Waals surface area contributed by atoms with Gasteiger partial charge in [0.15, 0.2) is 0 Å². The lowest BCUT2D eigenvalue weighted by Gasteiger charge is -2.18. The number of rotatable bonds is 11. The number of nitrogens with one attached hydrogen (secondary N) is 1. The third-order valence-electron chi connectivity index (χ3n) is 3.66. The summed E-state index contributed by atoms with van der Waals surface area (Å²) in [7, 11) is 0. The number of oxime groups is 1. The van der Waals surface area contributed by atoms with Gasteiger partial charge in [0, 0.05) is 12.5 Å². The Morgan fingerprint density at radius 1 is 1.14 bits per heavy atom. The number of benzene rings is 1. The van der Waals surface area contributed by atoms with Gasteiger partial charge >= 0.3 is 0 Å². The third kappa shape index (κ3) is 7.71. The molecule has 21 heavy (non-hydrogen) atoms. The van der Waals surface area contributed by atoms with Crippen molar-refractivity contribution < 1.29 is 5.21 Å². The average Bonchev–Trinajstić information content (AvgIpc) is 2.53. The van der Waals surface area contributed by atoms with Crippen LogP contribution in [0.25, 0.3) is 0 Å². The minimum Gasteiger partial charge on any atom is -0.409 e. The second kappa shape index (κ2) is 11.1. The van der Waals surface area contributed by atoms with Gasteiger partial charge in [0.2, 0.25) is 0 Å². The van der Waals surface area contributed by atoms with Crippen LogP contribution in [0.5, 0.6) is 0 Å². The highest BCUT2D eigenvalue weighted by Gasteiger charge is 2.12. The van der Waals surface area contributed by atoms with E-state index in [2.05, 4.69) is 29.5 Å². The van der Waals surface area contributed by atoms with E-state index in [-0.39, 0.29) is 11.9 Å². The van der Waals surface area contributed by atoms with Crippen molar-refractivity contribution in [2.24, 2.45) is 10.9 Å². The molecule has 0 aliphatic rings. The van der Waals surface area contributed by atoms with E-state index >= 15 is 0 Å². The maximum absolute atomic E-state index is 8.76. The summed E-state index contributed by atoms with van der Waals surface area (Å²) in [6.45, 7) is 3.20. The maximum atomic E-state index is 8.76. The molecule has 0 aliphatic carbocycles. The lowest BCUT2D eigenvalue weighted by Crippen LogP contribution is -2.27. The minimum atomic E-state index is 0.109. The van der Waals surface area contributed by atoms with Gasteiger partial charge in [0.25, 0.3) is 0 Å². The molecular weight excluding hydrogens is 262 g/mol. The summed E-state index contributed by atoms with van der Waals surface area (Å²) in [5, 5.41) is 15.4. The highest BCUT2D eigenvalue weighted by molar-refractivity contribution is 5.80. The number of hydrogen-bond acceptors (Lipinski definition) is 3. The predicted octanol–water partition coefficient (Wildman–Crippen LogP) is 3.81. The molecule has 0 aromatic heterocycles. The van der Waals surface area contributed by atoms with Gasteiger partial charge in [-0.05, 0) is 18.5 Å². The van der Waals surface area contributed by atoms with E-state index in [0.717, 1.165) is 6.54 Å². The van der Waals surface area contributed by atoms with Gasteiger partial charge in [-0.2, -0.15) is 0 Å². The van der Waals surface area contributed by atoms with Crippen LogP contribution in [-0.2, 0) is 0 Å². The fourth-order valence-electron chi connectivity index (χ4n) is 2.42. The molecule has 1 aromatic rings. The van der Waals surface area contributed by atoms with Crippen molar-refractivity contribution in [1.29, 1.82) is 0 Å². The SMILES string of the molecule is CCCCCCCCNC(C/C(N)=N/O)c1ccccc1. The van der Waals surface area contributed by atoms with E-state index in [1.807, 2.05) is 18.2 Å². The van der Waals surface area contributed by atoms with Crippen LogP contribution in [0.4, 0.5) is 0 Å². The van der Waals surface area contributed by atoms with Crippen LogP contribution in [-0.4, -0.2) is 17.6 Å². The molecule has 0 bridgehead atoms. The molecule has 1 unspecified atom stereocenters. The van der Waals surface area contributed by atoms with Crippen LogP contribution in [0.15, 0.2) is 35.5 Å². The summed E-state index contributed by atoms with van der Waals surface area (Å²) in [4.78, 5) is 0. The van der Waals surface area contributed by atoms with Crippen molar-refractivity contribution >= 4 is 5.84 Å². The summed E-state index contributed by atoms with van der Waals surface area (Å²) in [5.41, 5.74) is 6.83. The number of nitrogens with two attached hydrogens (primary N) is 1. The Balaban J connectivity index is 2.36. The smallest absolute Gasteiger partial charge is 0.141 e. The quantitative estimate of drug-likeness (QED) is 0.191. The second-order valence-corrected chi connectivity index (χ2v) is 5.48. The Hall–Kier alpha value is -1.55. The summed E-state index contributed by atoms with van der Waals surface area (Å²) in [6, 6.07) is 10.3. The first-order valence-corrected chi connectivity index (χ1v) is 8.02. The van der Waals surface area contributed by atoms with Gasteiger partial charge in [-0.25, -0.2) is 0 Å². The molecule has 0 heterocycles. The highest BCUT2D eigenvalue weighted by Crippen LogP contribution is 2.16. The lowest BCUT2D eigenvalue weighted by atomic mass is 10.0. The van der Waals surface area contributed by atoms with Crippen LogP contribution in [0.1, 0.15) is 63.5 Å². The van der Waals surface area contributed by atoms with E-state index < -0.39 is 0 Å². The molecule has 0 aliphatic heterocycles. The molecular formula is C17H29N3O. The molecule has 4 nitrogen and oxygen atoms in total. The monoisotopic (exact) mass is 291 g/mol. The summed E-state index contributed by atoms with van der Waals surface area (Å²) in [6.07, 6.45) is 8.23. The zero-order valence-electron chi connectivity index (χ0n) is 13.1. The molecule has 0 radical (unpaired) electrons. The normalized spacial score (nSPS) is 13.3. The Bertz CT molecular complexity index is 392. The van der Waals surface area contributed by atoms with E-state index in [9.17, 15) is 0 Å². The van der Waals surface area contributed by atoms with Crippen LogP contribution in [0.2, 0.25) is 0 Å². The topological polar surface area (TPSA) is 70.6 Å². The molecule has 0 spiro atoms. The van der Waals surface area contributed by atoms with E-state index in [4.69, 9.17) is 10.9 Å². The van der Waals surface area contributed by atoms with Gasteiger partial charge in [-0.3, -0.25) is 0 Å². The van der Waals surface area contributed by atoms with Crippen molar-refractivity contribution in [2.75, 3.05) is 6.54 Å². The molecule has 4 N–H and O–H groups in total. The van der Waals surface area contributed by atoms with Crippen molar-refractivity contribution in [3.8, 4) is 0 Å². The molecule has 1 rings (SSSR count). The van der Waals surface area contributed by atoms with Crippen molar-refractivity contribution in [3.63, 3.8) is 0 Å². The minimum absolute atomic E-state index is 0.109. The first-order chi connectivity index (χ1) is 10.3. The number of amidine groups is 1. The largest absolute Gasteiger partial charge is 0.409 e. The van der Waals surface area contributed by atoms with E-state index in [0.29, 0.717) is 6.42 Å². The summed E-state index contributed by atoms with van der Waals surface area (Å²) in [5.74, 6) is 0.263. The van der Waals surface area contributed by atoms with Crippen LogP contribution in [0, 0.1) is 0 Å². The lowest BCUT2D eigenvalue weighted by molar-refractivity contribution is 0.315. The van der Waals surface area contributed by atoms with Gasteiger partial charge < -0.3 is 16.3 Å². The van der Waals surface area contributed by atoms with Gasteiger partial charge in [-0.15, -0.1) is 0 Å². The first-order valence-electron chi connectivity index (χ1n) is 8.02. The molecule has 1 aromatic carbocycles. The standard InChI is InChI=1S/C17H29N3O/c1-2-3-4-5-6-10-13-19-16(14-17(18)20-21)15-11-8-7-9-12-15/h7-9,11-12,16,19,21H,2-6,10,13-14H2,1H3,(H2,18,20). The maximum Gasteiger partial charge on any atom is 0.141 e. The molecule has 0 saturated carbocycles. The Labute approximate surface area is 128 Å². The van der Waals surface area contributed by atoms with Gasteiger partial charge in [0.1, 0.15) is 5.84 Å². The second-order valence-electron chi connectivity index (χ2n) is 5.48. The molecule has 1 atom stereocenters. The molecule has 0 saturated heterocycles. The Morgan fingerprint density at radius 3 is 2.48 bits per heavy atom. The van der Waals surface area contributed by atoms with Crippen LogP contribution >= 0.6 is 0 Å². The van der Waals surface area contributed by atoms with Crippen LogP contribution in [0.3, 0.4) is 0 Å². The predicted molar refractivity (Wildman–Crippen MR) is 88.6 cm³/mol. The zero-order valence-corrected chi connectivity index (χ0v) is 13.1. The molecule has 4 heteroatoms. The van der Waals surface area contributed by atoms with Crippen molar-refractivity contribution in [2.45, 2.75) is 57.9 Å². The number of unbranched alkanes of at least 4 members (excludes halogenated alkanes) is 5. The average molecular weight is 291 g/mol. The molecule has 0 fully saturated rings. The Morgan fingerprint density at radius 2 is 1.81 bits per heavy atom. The van der Waals surface area contributed by atoms with E-state index in [1.54, 1.807) is 0 Å². The first kappa shape index (κ1) is 17.5. The number of nitrogens with zero attached hydrogens (tertiary/aromatic N) is 1. The fraction of sp³-hybridized carbons (Fsp3) is 0.588. The summed E-state index contributed by atoms with van der Waals surface area (Å²) < 4.78 is 0. The highest BCUT2D eigenvalue weighted by atomic mass is 16.4. The fourth-order valence-corrected chi connectivity index (χ4v) is 2.42. The van der Waals surface area contributed by atoms with Crippen LogP contribution < -0.4 is 11.1 Å².